The van der Waals surface area contributed by atoms with Crippen molar-refractivity contribution in [2.24, 2.45) is 0 Å². The van der Waals surface area contributed by atoms with E-state index in [4.69, 9.17) is 4.52 Å². The number of hydrogen-bond donors (Lipinski definition) is 1. The predicted octanol–water partition coefficient (Wildman–Crippen LogP) is 4.79. The number of anilines is 2. The first-order valence-electron chi connectivity index (χ1n) is 11.7. The van der Waals surface area contributed by atoms with E-state index >= 15 is 0 Å². The monoisotopic (exact) mass is 502 g/mol. The molecule has 0 spiro atoms. The van der Waals surface area contributed by atoms with E-state index < -0.39 is 10.0 Å². The van der Waals surface area contributed by atoms with Crippen LogP contribution < -0.4 is 9.62 Å². The number of amides is 1. The zero-order chi connectivity index (χ0) is 25.3. The maximum absolute atomic E-state index is 13.1. The fraction of sp³-hybridized carbons (Fsp3) is 0.222. The molecule has 0 aliphatic carbocycles. The number of nitrogens with one attached hydrogen (secondary N) is 1. The Morgan fingerprint density at radius 1 is 1.06 bits per heavy atom. The van der Waals surface area contributed by atoms with E-state index in [9.17, 15) is 13.2 Å². The minimum absolute atomic E-state index is 0.180. The van der Waals surface area contributed by atoms with Crippen molar-refractivity contribution in [2.75, 3.05) is 16.2 Å². The van der Waals surface area contributed by atoms with Gasteiger partial charge in [-0.15, -0.1) is 0 Å². The van der Waals surface area contributed by atoms with Gasteiger partial charge in [-0.1, -0.05) is 49.3 Å². The van der Waals surface area contributed by atoms with E-state index in [1.807, 2.05) is 38.1 Å². The normalized spacial score (nSPS) is 13.1. The molecule has 9 heteroatoms. The highest BCUT2D eigenvalue weighted by atomic mass is 32.2. The van der Waals surface area contributed by atoms with Crippen LogP contribution in [-0.2, 0) is 22.9 Å². The van der Waals surface area contributed by atoms with Crippen LogP contribution in [0.25, 0.3) is 0 Å². The number of carbonyl (C=O) groups is 1. The number of aromatic nitrogens is 2. The summed E-state index contributed by atoms with van der Waals surface area (Å²) in [4.78, 5) is 17.5. The van der Waals surface area contributed by atoms with Gasteiger partial charge in [-0.2, -0.15) is 4.98 Å². The summed E-state index contributed by atoms with van der Waals surface area (Å²) in [5.74, 6) is 1.16. The zero-order valence-corrected chi connectivity index (χ0v) is 20.8. The number of nitrogens with zero attached hydrogens (tertiary/aromatic N) is 3. The second kappa shape index (κ2) is 9.58. The fourth-order valence-electron chi connectivity index (χ4n) is 4.15. The molecular formula is C27H26N4O4S. The Morgan fingerprint density at radius 3 is 2.50 bits per heavy atom. The maximum Gasteiger partial charge on any atom is 0.264 e. The van der Waals surface area contributed by atoms with Crippen molar-refractivity contribution >= 4 is 27.3 Å². The van der Waals surface area contributed by atoms with Crippen molar-refractivity contribution in [2.45, 2.75) is 37.5 Å². The quantitative estimate of drug-likeness (QED) is 0.390. The molecule has 0 fully saturated rings. The average molecular weight is 503 g/mol. The highest BCUT2D eigenvalue weighted by molar-refractivity contribution is 7.92. The Morgan fingerprint density at radius 2 is 1.81 bits per heavy atom. The maximum atomic E-state index is 13.1. The lowest BCUT2D eigenvalue weighted by atomic mass is 10.1. The van der Waals surface area contributed by atoms with Gasteiger partial charge in [0, 0.05) is 30.1 Å². The first-order valence-corrected chi connectivity index (χ1v) is 13.2. The van der Waals surface area contributed by atoms with E-state index in [1.165, 1.54) is 4.31 Å². The first kappa shape index (κ1) is 23.7. The minimum atomic E-state index is -3.65. The lowest BCUT2D eigenvalue weighted by Gasteiger charge is -2.19. The van der Waals surface area contributed by atoms with Gasteiger partial charge in [-0.05, 0) is 60.0 Å². The van der Waals surface area contributed by atoms with Crippen LogP contribution in [0.1, 0.15) is 53.0 Å². The lowest BCUT2D eigenvalue weighted by molar-refractivity contribution is 0.102. The van der Waals surface area contributed by atoms with Crippen LogP contribution in [0.4, 0.5) is 11.4 Å². The van der Waals surface area contributed by atoms with Gasteiger partial charge in [-0.3, -0.25) is 9.10 Å². The number of sulfonamides is 1. The molecule has 1 aliphatic heterocycles. The highest BCUT2D eigenvalue weighted by Gasteiger charge is 2.31. The van der Waals surface area contributed by atoms with Crippen LogP contribution in [0.5, 0.6) is 0 Å². The zero-order valence-electron chi connectivity index (χ0n) is 20.0. The summed E-state index contributed by atoms with van der Waals surface area (Å²) in [5.41, 5.74) is 3.58. The summed E-state index contributed by atoms with van der Waals surface area (Å²) in [7, 11) is -3.65. The molecule has 0 atom stereocenters. The summed E-state index contributed by atoms with van der Waals surface area (Å²) in [6.45, 7) is 4.34. The minimum Gasteiger partial charge on any atom is -0.339 e. The molecule has 1 aliphatic rings. The van der Waals surface area contributed by atoms with Crippen LogP contribution in [0.3, 0.4) is 0 Å². The van der Waals surface area contributed by atoms with Gasteiger partial charge in [0.25, 0.3) is 15.9 Å². The fourth-order valence-corrected chi connectivity index (χ4v) is 5.67. The summed E-state index contributed by atoms with van der Waals surface area (Å²) in [6, 6.07) is 21.0. The highest BCUT2D eigenvalue weighted by Crippen LogP contribution is 2.33. The third-order valence-corrected chi connectivity index (χ3v) is 7.90. The van der Waals surface area contributed by atoms with Crippen molar-refractivity contribution in [1.82, 2.24) is 10.1 Å². The van der Waals surface area contributed by atoms with Gasteiger partial charge in [-0.25, -0.2) is 8.42 Å². The molecule has 8 nitrogen and oxygen atoms in total. The van der Waals surface area contributed by atoms with E-state index in [1.54, 1.807) is 48.5 Å². The van der Waals surface area contributed by atoms with Crippen molar-refractivity contribution in [1.29, 1.82) is 0 Å². The molecule has 2 heterocycles. The molecule has 0 radical (unpaired) electrons. The van der Waals surface area contributed by atoms with E-state index in [-0.39, 0.29) is 16.7 Å². The molecule has 1 aromatic heterocycles. The molecule has 3 aromatic carbocycles. The molecule has 0 saturated heterocycles. The largest absolute Gasteiger partial charge is 0.339 e. The smallest absolute Gasteiger partial charge is 0.264 e. The van der Waals surface area contributed by atoms with E-state index in [0.717, 1.165) is 11.1 Å². The Bertz CT molecular complexity index is 1500. The predicted molar refractivity (Wildman–Crippen MR) is 137 cm³/mol. The Balaban J connectivity index is 1.26. The summed E-state index contributed by atoms with van der Waals surface area (Å²) in [6.07, 6.45) is 1.09. The van der Waals surface area contributed by atoms with Crippen molar-refractivity contribution in [3.05, 3.63) is 101 Å². The van der Waals surface area contributed by atoms with Gasteiger partial charge in [0.15, 0.2) is 5.82 Å². The first-order chi connectivity index (χ1) is 17.3. The third kappa shape index (κ3) is 4.74. The van der Waals surface area contributed by atoms with Crippen LogP contribution in [0.15, 0.2) is 82.2 Å². The Hall–Kier alpha value is -3.98. The number of hydrogen-bond acceptors (Lipinski definition) is 6. The SMILES string of the molecule is CC(C)c1nc(Cc2ccc(NC(=O)c3ccc4c(c3)CCN4S(=O)(=O)c3ccccc3)cc2)no1. The molecule has 36 heavy (non-hydrogen) atoms. The molecule has 184 valence electrons. The standard InChI is InChI=1S/C27H26N4O4S/c1-18(2)27-29-25(30-35-27)16-19-8-11-22(12-9-19)28-26(32)21-10-13-24-20(17-21)14-15-31(24)36(33,34)23-6-4-3-5-7-23/h3-13,17-18H,14-16H2,1-2H3,(H,28,32). The number of benzene rings is 3. The number of carbonyl (C=O) groups excluding carboxylic acids is 1. The Kier molecular flexibility index (Phi) is 6.32. The van der Waals surface area contributed by atoms with Gasteiger partial charge in [0.1, 0.15) is 0 Å². The second-order valence-electron chi connectivity index (χ2n) is 9.02. The molecule has 1 amide bonds. The molecular weight excluding hydrogens is 476 g/mol. The van der Waals surface area contributed by atoms with E-state index in [2.05, 4.69) is 15.5 Å². The van der Waals surface area contributed by atoms with Gasteiger partial charge in [0.2, 0.25) is 5.89 Å². The average Bonchev–Trinajstić information content (AvgIpc) is 3.53. The van der Waals surface area contributed by atoms with Gasteiger partial charge >= 0.3 is 0 Å². The topological polar surface area (TPSA) is 105 Å². The van der Waals surface area contributed by atoms with Gasteiger partial charge in [0.05, 0.1) is 10.6 Å². The van der Waals surface area contributed by atoms with Crippen molar-refractivity contribution in [3.63, 3.8) is 0 Å². The third-order valence-electron chi connectivity index (χ3n) is 6.08. The molecule has 0 unspecified atom stereocenters. The van der Waals surface area contributed by atoms with Crippen LogP contribution in [0, 0.1) is 0 Å². The molecule has 0 saturated carbocycles. The lowest BCUT2D eigenvalue weighted by Crippen LogP contribution is -2.29. The van der Waals surface area contributed by atoms with Crippen LogP contribution >= 0.6 is 0 Å². The van der Waals surface area contributed by atoms with Crippen molar-refractivity contribution in [3.8, 4) is 0 Å². The number of fused-ring (bicyclic) bond motifs is 1. The van der Waals surface area contributed by atoms with Crippen molar-refractivity contribution < 1.29 is 17.7 Å². The van der Waals surface area contributed by atoms with Crippen LogP contribution in [-0.4, -0.2) is 31.0 Å². The molecule has 5 rings (SSSR count). The summed E-state index contributed by atoms with van der Waals surface area (Å²) >= 11 is 0. The summed E-state index contributed by atoms with van der Waals surface area (Å²) < 4.78 is 32.8. The molecule has 0 bridgehead atoms. The summed E-state index contributed by atoms with van der Waals surface area (Å²) in [5, 5.41) is 6.92. The van der Waals surface area contributed by atoms with E-state index in [0.29, 0.717) is 48.0 Å². The Labute approximate surface area is 210 Å². The number of rotatable bonds is 7. The molecule has 4 aromatic rings. The molecule has 1 N–H and O–H groups in total. The second-order valence-corrected chi connectivity index (χ2v) is 10.9. The van der Waals surface area contributed by atoms with Crippen LogP contribution in [0.2, 0.25) is 0 Å². The van der Waals surface area contributed by atoms with Gasteiger partial charge < -0.3 is 9.84 Å².